The number of amides is 1. The maximum atomic E-state index is 14.9. The van der Waals surface area contributed by atoms with Crippen molar-refractivity contribution in [2.45, 2.75) is 13.3 Å². The molecule has 0 aliphatic carbocycles. The van der Waals surface area contributed by atoms with Gasteiger partial charge < -0.3 is 19.9 Å². The number of ether oxygens (including phenoxy) is 1. The molecule has 0 aliphatic rings. The second-order valence-electron chi connectivity index (χ2n) is 8.58. The smallest absolute Gasteiger partial charge is 0.230 e. The summed E-state index contributed by atoms with van der Waals surface area (Å²) in [5.74, 6) is -1.10. The summed E-state index contributed by atoms with van der Waals surface area (Å²) < 4.78 is 37.5. The number of nitrogens with one attached hydrogen (secondary N) is 2. The molecule has 0 saturated heterocycles. The van der Waals surface area contributed by atoms with Gasteiger partial charge in [0.1, 0.15) is 11.6 Å². The van der Waals surface area contributed by atoms with Crippen LogP contribution in [0.2, 0.25) is 0 Å². The van der Waals surface area contributed by atoms with Crippen molar-refractivity contribution in [3.05, 3.63) is 90.0 Å². The van der Waals surface area contributed by atoms with Crippen LogP contribution in [0.15, 0.2) is 67.3 Å². The molecule has 192 valence electrons. The minimum Gasteiger partial charge on any atom is -0.453 e. The van der Waals surface area contributed by atoms with Crippen molar-refractivity contribution in [1.82, 2.24) is 19.9 Å². The number of nitrogens with zero attached hydrogens (tertiary/aromatic N) is 3. The van der Waals surface area contributed by atoms with Gasteiger partial charge in [0.05, 0.1) is 33.5 Å². The number of imidazole rings is 1. The Morgan fingerprint density at radius 1 is 1.08 bits per heavy atom. The van der Waals surface area contributed by atoms with E-state index in [4.69, 9.17) is 17.0 Å². The van der Waals surface area contributed by atoms with Crippen molar-refractivity contribution < 1.29 is 18.3 Å². The number of carbonyl (C=O) groups is 1. The van der Waals surface area contributed by atoms with Crippen LogP contribution < -0.4 is 15.4 Å². The number of fused-ring (bicyclic) bond motifs is 1. The molecule has 2 aromatic carbocycles. The fraction of sp³-hybridized carbons (Fsp3) is 0.111. The Labute approximate surface area is 226 Å². The van der Waals surface area contributed by atoms with E-state index < -0.39 is 17.5 Å². The van der Waals surface area contributed by atoms with Crippen molar-refractivity contribution in [2.24, 2.45) is 7.05 Å². The minimum atomic E-state index is -0.627. The van der Waals surface area contributed by atoms with Gasteiger partial charge in [0.2, 0.25) is 5.91 Å². The molecule has 3 heterocycles. The topological polar surface area (TPSA) is 81.1 Å². The van der Waals surface area contributed by atoms with Gasteiger partial charge in [-0.1, -0.05) is 12.1 Å². The molecular weight excluding hydrogens is 528 g/mol. The predicted molar refractivity (Wildman–Crippen MR) is 148 cm³/mol. The first-order chi connectivity index (χ1) is 18.2. The number of anilines is 1. The van der Waals surface area contributed by atoms with Gasteiger partial charge in [-0.25, -0.2) is 13.8 Å². The summed E-state index contributed by atoms with van der Waals surface area (Å²) in [6.45, 7) is 1.76. The number of halogens is 2. The fourth-order valence-electron chi connectivity index (χ4n) is 3.74. The van der Waals surface area contributed by atoms with Crippen molar-refractivity contribution in [3.8, 4) is 22.1 Å². The van der Waals surface area contributed by atoms with Crippen LogP contribution in [0.3, 0.4) is 0 Å². The van der Waals surface area contributed by atoms with Crippen molar-refractivity contribution in [1.29, 1.82) is 0 Å². The molecule has 11 heteroatoms. The van der Waals surface area contributed by atoms with Crippen LogP contribution in [0.1, 0.15) is 11.1 Å². The molecule has 0 unspecified atom stereocenters. The molecule has 7 nitrogen and oxygen atoms in total. The summed E-state index contributed by atoms with van der Waals surface area (Å²) in [5, 5.41) is 5.20. The summed E-state index contributed by atoms with van der Waals surface area (Å²) in [7, 11) is 1.89. The lowest BCUT2D eigenvalue weighted by molar-refractivity contribution is -0.119. The van der Waals surface area contributed by atoms with Gasteiger partial charge in [0, 0.05) is 37.3 Å². The molecule has 5 aromatic rings. The standard InChI is InChI=1S/C27H21F2N5O2S2/c1-15-3-4-16(18(28)9-15)10-25(35)33-27(37)32-17-5-6-22(19(29)11-17)36-23-7-8-30-20-12-24(38-26(20)23)21-13-34(2)14-31-21/h3-9,11-14H,10H2,1-2H3,(H2,32,33,35,37). The van der Waals surface area contributed by atoms with Crippen LogP contribution in [0.25, 0.3) is 20.8 Å². The Balaban J connectivity index is 1.25. The molecule has 0 saturated carbocycles. The Morgan fingerprint density at radius 3 is 2.66 bits per heavy atom. The third-order valence-electron chi connectivity index (χ3n) is 5.56. The SMILES string of the molecule is Cc1ccc(CC(=O)NC(=S)Nc2ccc(Oc3ccnc4cc(-c5cn(C)cn5)sc34)c(F)c2)c(F)c1. The quantitative estimate of drug-likeness (QED) is 0.248. The molecule has 0 spiro atoms. The molecule has 0 bridgehead atoms. The zero-order valence-electron chi connectivity index (χ0n) is 20.3. The van der Waals surface area contributed by atoms with E-state index in [0.29, 0.717) is 11.4 Å². The monoisotopic (exact) mass is 549 g/mol. The molecule has 0 radical (unpaired) electrons. The molecule has 0 aliphatic heterocycles. The van der Waals surface area contributed by atoms with Crippen LogP contribution in [0, 0.1) is 18.6 Å². The molecule has 2 N–H and O–H groups in total. The van der Waals surface area contributed by atoms with Crippen molar-refractivity contribution in [2.75, 3.05) is 5.32 Å². The highest BCUT2D eigenvalue weighted by molar-refractivity contribution is 7.80. The molecule has 0 fully saturated rings. The summed E-state index contributed by atoms with van der Waals surface area (Å²) >= 11 is 6.61. The average Bonchev–Trinajstić information content (AvgIpc) is 3.49. The first-order valence-corrected chi connectivity index (χ1v) is 12.7. The van der Waals surface area contributed by atoms with Gasteiger partial charge in [-0.2, -0.15) is 0 Å². The molecule has 38 heavy (non-hydrogen) atoms. The third kappa shape index (κ3) is 5.68. The zero-order valence-corrected chi connectivity index (χ0v) is 21.9. The highest BCUT2D eigenvalue weighted by Crippen LogP contribution is 2.39. The Bertz CT molecular complexity index is 1680. The van der Waals surface area contributed by atoms with Gasteiger partial charge in [0.25, 0.3) is 0 Å². The largest absolute Gasteiger partial charge is 0.453 e. The van der Waals surface area contributed by atoms with Crippen LogP contribution in [-0.4, -0.2) is 25.6 Å². The number of hydrogen-bond donors (Lipinski definition) is 2. The van der Waals surface area contributed by atoms with Crippen LogP contribution in [-0.2, 0) is 18.3 Å². The van der Waals surface area contributed by atoms with E-state index in [1.807, 2.05) is 23.9 Å². The number of pyridine rings is 1. The molecule has 1 amide bonds. The van der Waals surface area contributed by atoms with Crippen molar-refractivity contribution >= 4 is 50.5 Å². The molecule has 0 atom stereocenters. The maximum absolute atomic E-state index is 14.9. The van der Waals surface area contributed by atoms with Gasteiger partial charge >= 0.3 is 0 Å². The van der Waals surface area contributed by atoms with Gasteiger partial charge in [-0.05, 0) is 54.5 Å². The highest BCUT2D eigenvalue weighted by Gasteiger charge is 2.15. The molecular formula is C27H21F2N5O2S2. The van der Waals surface area contributed by atoms with E-state index in [-0.39, 0.29) is 22.8 Å². The van der Waals surface area contributed by atoms with E-state index in [0.717, 1.165) is 26.4 Å². The van der Waals surface area contributed by atoms with Crippen LogP contribution in [0.4, 0.5) is 14.5 Å². The minimum absolute atomic E-state index is 0.0145. The second kappa shape index (κ2) is 10.6. The Kier molecular flexibility index (Phi) is 7.12. The predicted octanol–water partition coefficient (Wildman–Crippen LogP) is 6.13. The summed E-state index contributed by atoms with van der Waals surface area (Å²) in [6.07, 6.45) is 5.05. The van der Waals surface area contributed by atoms with E-state index in [1.165, 1.54) is 29.5 Å². The lowest BCUT2D eigenvalue weighted by atomic mass is 10.1. The van der Waals surface area contributed by atoms with Gasteiger partial charge in [-0.15, -0.1) is 11.3 Å². The normalized spacial score (nSPS) is 10.9. The lowest BCUT2D eigenvalue weighted by Gasteiger charge is -2.12. The van der Waals surface area contributed by atoms with Gasteiger partial charge in [-0.3, -0.25) is 9.78 Å². The molecule has 3 aromatic heterocycles. The number of aryl methyl sites for hydroxylation is 2. The second-order valence-corrected chi connectivity index (χ2v) is 10.0. The number of aromatic nitrogens is 3. The summed E-state index contributed by atoms with van der Waals surface area (Å²) in [6, 6.07) is 12.5. The highest BCUT2D eigenvalue weighted by atomic mass is 32.1. The summed E-state index contributed by atoms with van der Waals surface area (Å²) in [4.78, 5) is 21.9. The number of thiocarbonyl (C=S) groups is 1. The van der Waals surface area contributed by atoms with Crippen molar-refractivity contribution in [3.63, 3.8) is 0 Å². The number of rotatable bonds is 6. The third-order valence-corrected chi connectivity index (χ3v) is 6.92. The number of carbonyl (C=O) groups excluding carboxylic acids is 1. The van der Waals surface area contributed by atoms with E-state index in [9.17, 15) is 13.6 Å². The van der Waals surface area contributed by atoms with Crippen LogP contribution in [0.5, 0.6) is 11.5 Å². The lowest BCUT2D eigenvalue weighted by Crippen LogP contribution is -2.35. The van der Waals surface area contributed by atoms with Gasteiger partial charge in [0.15, 0.2) is 16.7 Å². The fourth-order valence-corrected chi connectivity index (χ4v) is 5.00. The zero-order chi connectivity index (χ0) is 26.8. The first kappa shape index (κ1) is 25.4. The van der Waals surface area contributed by atoms with E-state index in [1.54, 1.807) is 43.7 Å². The maximum Gasteiger partial charge on any atom is 0.230 e. The Hall–Kier alpha value is -4.22. The Morgan fingerprint density at radius 2 is 1.92 bits per heavy atom. The average molecular weight is 550 g/mol. The van der Waals surface area contributed by atoms with E-state index in [2.05, 4.69) is 20.6 Å². The molecule has 5 rings (SSSR count). The number of hydrogen-bond acceptors (Lipinski definition) is 6. The summed E-state index contributed by atoms with van der Waals surface area (Å²) in [5.41, 5.74) is 2.87. The number of benzene rings is 2. The number of thiophene rings is 1. The van der Waals surface area contributed by atoms with E-state index >= 15 is 0 Å². The first-order valence-electron chi connectivity index (χ1n) is 11.5. The van der Waals surface area contributed by atoms with Crippen LogP contribution >= 0.6 is 23.6 Å².